The average Bonchev–Trinajstić information content (AvgIpc) is 2.87. The molecule has 182 valence electrons. The maximum atomic E-state index is 13.2. The van der Waals surface area contributed by atoms with Crippen molar-refractivity contribution < 1.29 is 22.7 Å². The lowest BCUT2D eigenvalue weighted by Gasteiger charge is -2.28. The number of carbonyl (C=O) groups is 2. The largest absolute Gasteiger partial charge is 0.452 e. The van der Waals surface area contributed by atoms with Gasteiger partial charge in [-0.25, -0.2) is 13.2 Å². The van der Waals surface area contributed by atoms with E-state index in [1.807, 2.05) is 62.4 Å². The van der Waals surface area contributed by atoms with E-state index < -0.39 is 28.5 Å². The van der Waals surface area contributed by atoms with E-state index >= 15 is 0 Å². The molecule has 1 atom stereocenters. The summed E-state index contributed by atoms with van der Waals surface area (Å²) in [5.41, 5.74) is 4.22. The quantitative estimate of drug-likeness (QED) is 0.507. The van der Waals surface area contributed by atoms with Gasteiger partial charge in [-0.15, -0.1) is 0 Å². The Kier molecular flexibility index (Phi) is 7.33. The Morgan fingerprint density at radius 2 is 1.71 bits per heavy atom. The molecule has 0 radical (unpaired) electrons. The van der Waals surface area contributed by atoms with E-state index in [0.717, 1.165) is 22.3 Å². The minimum atomic E-state index is -3.80. The third-order valence-electron chi connectivity index (χ3n) is 6.17. The molecule has 4 rings (SSSR count). The van der Waals surface area contributed by atoms with E-state index in [2.05, 4.69) is 5.32 Å². The number of hydrogen-bond acceptors (Lipinski definition) is 5. The molecule has 35 heavy (non-hydrogen) atoms. The Morgan fingerprint density at radius 1 is 1.00 bits per heavy atom. The van der Waals surface area contributed by atoms with Crippen molar-refractivity contribution >= 4 is 21.9 Å². The summed E-state index contributed by atoms with van der Waals surface area (Å²) < 4.78 is 33.0. The molecule has 1 aliphatic heterocycles. The summed E-state index contributed by atoms with van der Waals surface area (Å²) in [6.45, 7) is 4.01. The Labute approximate surface area is 205 Å². The zero-order chi connectivity index (χ0) is 25.0. The van der Waals surface area contributed by atoms with Crippen LogP contribution in [-0.4, -0.2) is 37.8 Å². The van der Waals surface area contributed by atoms with Crippen molar-refractivity contribution in [2.24, 2.45) is 0 Å². The monoisotopic (exact) mass is 492 g/mol. The Hall–Kier alpha value is -3.49. The van der Waals surface area contributed by atoms with E-state index in [1.165, 1.54) is 28.6 Å². The van der Waals surface area contributed by atoms with Crippen molar-refractivity contribution in [1.29, 1.82) is 0 Å². The summed E-state index contributed by atoms with van der Waals surface area (Å²) >= 11 is 0. The third kappa shape index (κ3) is 5.61. The molecule has 0 bridgehead atoms. The third-order valence-corrected chi connectivity index (χ3v) is 8.01. The highest BCUT2D eigenvalue weighted by atomic mass is 32.2. The lowest BCUT2D eigenvalue weighted by Crippen LogP contribution is -2.36. The molecule has 0 spiro atoms. The van der Waals surface area contributed by atoms with Gasteiger partial charge >= 0.3 is 5.97 Å². The molecular formula is C27H28N2O5S. The fraction of sp³-hybridized carbons (Fsp3) is 0.259. The second kappa shape index (κ2) is 10.4. The average molecular weight is 493 g/mol. The molecule has 8 heteroatoms. The fourth-order valence-corrected chi connectivity index (χ4v) is 5.72. The second-order valence-electron chi connectivity index (χ2n) is 8.61. The lowest BCUT2D eigenvalue weighted by molar-refractivity contribution is -0.124. The summed E-state index contributed by atoms with van der Waals surface area (Å²) in [5, 5.41) is 2.81. The molecule has 0 saturated heterocycles. The molecule has 0 aromatic heterocycles. The van der Waals surface area contributed by atoms with Crippen LogP contribution in [0.15, 0.2) is 77.7 Å². The standard InChI is InChI=1S/C27H28N2O5S/c1-19-8-3-6-13-25(19)20(2)28-26(30)18-34-27(31)22-11-7-12-24(16-22)35(32,33)29-15-14-21-9-4-5-10-23(21)17-29/h3-13,16,20H,14-15,17-18H2,1-2H3,(H,28,30). The Bertz CT molecular complexity index is 1350. The van der Waals surface area contributed by atoms with Crippen LogP contribution in [0.3, 0.4) is 0 Å². The van der Waals surface area contributed by atoms with Crippen LogP contribution in [0, 0.1) is 6.92 Å². The van der Waals surface area contributed by atoms with Crippen LogP contribution in [-0.2, 0) is 32.5 Å². The number of esters is 1. The summed E-state index contributed by atoms with van der Waals surface area (Å²) in [6, 6.07) is 21.0. The topological polar surface area (TPSA) is 92.8 Å². The highest BCUT2D eigenvalue weighted by molar-refractivity contribution is 7.89. The van der Waals surface area contributed by atoms with E-state index in [4.69, 9.17) is 4.74 Å². The van der Waals surface area contributed by atoms with Gasteiger partial charge in [0, 0.05) is 13.1 Å². The molecule has 7 nitrogen and oxygen atoms in total. The van der Waals surface area contributed by atoms with E-state index in [0.29, 0.717) is 13.0 Å². The van der Waals surface area contributed by atoms with Gasteiger partial charge in [-0.1, -0.05) is 54.6 Å². The molecule has 3 aromatic rings. The minimum absolute atomic E-state index is 0.0176. The molecule has 1 aliphatic rings. The summed E-state index contributed by atoms with van der Waals surface area (Å²) in [6.07, 6.45) is 0.632. The van der Waals surface area contributed by atoms with Crippen molar-refractivity contribution in [3.8, 4) is 0 Å². The normalized spacial score (nSPS) is 14.6. The molecule has 0 aliphatic carbocycles. The highest BCUT2D eigenvalue weighted by Gasteiger charge is 2.29. The first-order valence-corrected chi connectivity index (χ1v) is 12.9. The van der Waals surface area contributed by atoms with Gasteiger partial charge in [0.05, 0.1) is 16.5 Å². The van der Waals surface area contributed by atoms with Gasteiger partial charge < -0.3 is 10.1 Å². The van der Waals surface area contributed by atoms with Crippen LogP contribution < -0.4 is 5.32 Å². The molecule has 1 amide bonds. The van der Waals surface area contributed by atoms with Crippen LogP contribution in [0.2, 0.25) is 0 Å². The molecule has 1 unspecified atom stereocenters. The van der Waals surface area contributed by atoms with Crippen molar-refractivity contribution in [2.75, 3.05) is 13.2 Å². The number of nitrogens with one attached hydrogen (secondary N) is 1. The maximum Gasteiger partial charge on any atom is 0.338 e. The maximum absolute atomic E-state index is 13.2. The highest BCUT2D eigenvalue weighted by Crippen LogP contribution is 2.25. The number of benzene rings is 3. The molecule has 1 heterocycles. The van der Waals surface area contributed by atoms with Gasteiger partial charge in [-0.2, -0.15) is 4.31 Å². The molecular weight excluding hydrogens is 464 g/mol. The summed E-state index contributed by atoms with van der Waals surface area (Å²) in [7, 11) is -3.80. The number of carbonyl (C=O) groups excluding carboxylic acids is 2. The van der Waals surface area contributed by atoms with Crippen LogP contribution in [0.4, 0.5) is 0 Å². The van der Waals surface area contributed by atoms with E-state index in [1.54, 1.807) is 0 Å². The zero-order valence-corrected chi connectivity index (χ0v) is 20.5. The fourth-order valence-electron chi connectivity index (χ4n) is 4.26. The minimum Gasteiger partial charge on any atom is -0.452 e. The van der Waals surface area contributed by atoms with Crippen LogP contribution in [0.25, 0.3) is 0 Å². The first-order chi connectivity index (χ1) is 16.8. The lowest BCUT2D eigenvalue weighted by atomic mass is 10.0. The molecule has 3 aromatic carbocycles. The first-order valence-electron chi connectivity index (χ1n) is 11.4. The number of amides is 1. The number of sulfonamides is 1. The second-order valence-corrected chi connectivity index (χ2v) is 10.5. The predicted molar refractivity (Wildman–Crippen MR) is 132 cm³/mol. The number of rotatable bonds is 7. The molecule has 0 fully saturated rings. The Balaban J connectivity index is 1.39. The first kappa shape index (κ1) is 24.6. The molecule has 1 N–H and O–H groups in total. The predicted octanol–water partition coefficient (Wildman–Crippen LogP) is 3.78. The smallest absolute Gasteiger partial charge is 0.338 e. The van der Waals surface area contributed by atoms with Crippen molar-refractivity contribution in [2.45, 2.75) is 37.8 Å². The van der Waals surface area contributed by atoms with Gasteiger partial charge in [0.25, 0.3) is 5.91 Å². The van der Waals surface area contributed by atoms with Gasteiger partial charge in [0.2, 0.25) is 10.0 Å². The van der Waals surface area contributed by atoms with E-state index in [-0.39, 0.29) is 23.0 Å². The van der Waals surface area contributed by atoms with Gasteiger partial charge in [-0.05, 0) is 60.7 Å². The van der Waals surface area contributed by atoms with E-state index in [9.17, 15) is 18.0 Å². The number of fused-ring (bicyclic) bond motifs is 1. The van der Waals surface area contributed by atoms with Crippen molar-refractivity contribution in [3.63, 3.8) is 0 Å². The zero-order valence-electron chi connectivity index (χ0n) is 19.7. The number of nitrogens with zero attached hydrogens (tertiary/aromatic N) is 1. The number of ether oxygens (including phenoxy) is 1. The molecule has 0 saturated carbocycles. The summed E-state index contributed by atoms with van der Waals surface area (Å²) in [5.74, 6) is -1.20. The van der Waals surface area contributed by atoms with Crippen LogP contribution in [0.5, 0.6) is 0 Å². The van der Waals surface area contributed by atoms with Crippen molar-refractivity contribution in [1.82, 2.24) is 9.62 Å². The SMILES string of the molecule is Cc1ccccc1C(C)NC(=O)COC(=O)c1cccc(S(=O)(=O)N2CCc3ccccc3C2)c1. The van der Waals surface area contributed by atoms with Crippen LogP contribution >= 0.6 is 0 Å². The van der Waals surface area contributed by atoms with Crippen molar-refractivity contribution in [3.05, 3.63) is 101 Å². The summed E-state index contributed by atoms with van der Waals surface area (Å²) in [4.78, 5) is 24.9. The number of hydrogen-bond donors (Lipinski definition) is 1. The van der Waals surface area contributed by atoms with Gasteiger partial charge in [-0.3, -0.25) is 4.79 Å². The number of aryl methyl sites for hydroxylation is 1. The Morgan fingerprint density at radius 3 is 2.49 bits per heavy atom. The van der Waals surface area contributed by atoms with Gasteiger partial charge in [0.1, 0.15) is 0 Å². The van der Waals surface area contributed by atoms with Gasteiger partial charge in [0.15, 0.2) is 6.61 Å². The van der Waals surface area contributed by atoms with Crippen LogP contribution in [0.1, 0.15) is 45.6 Å².